The van der Waals surface area contributed by atoms with Gasteiger partial charge in [0.15, 0.2) is 0 Å². The molecule has 0 atom stereocenters. The molecule has 0 spiro atoms. The topological polar surface area (TPSA) is 21.3 Å². The minimum Gasteiger partial charge on any atom is -0.493 e. The lowest BCUT2D eigenvalue weighted by molar-refractivity contribution is 0.238. The van der Waals surface area contributed by atoms with Gasteiger partial charge in [0.25, 0.3) is 0 Å². The highest BCUT2D eigenvalue weighted by Crippen LogP contribution is 2.26. The molecule has 0 heterocycles. The molecule has 114 valence electrons. The average molecular weight is 277 g/mol. The van der Waals surface area contributed by atoms with Crippen molar-refractivity contribution in [2.45, 2.75) is 60.4 Å². The van der Waals surface area contributed by atoms with E-state index in [0.29, 0.717) is 5.92 Å². The molecule has 0 radical (unpaired) electrons. The van der Waals surface area contributed by atoms with Crippen molar-refractivity contribution in [3.05, 3.63) is 28.8 Å². The predicted molar refractivity (Wildman–Crippen MR) is 87.5 cm³/mol. The second kappa shape index (κ2) is 9.02. The largest absolute Gasteiger partial charge is 0.493 e. The fourth-order valence-electron chi connectivity index (χ4n) is 2.50. The van der Waals surface area contributed by atoms with Gasteiger partial charge in [0.05, 0.1) is 6.61 Å². The monoisotopic (exact) mass is 277 g/mol. The van der Waals surface area contributed by atoms with Gasteiger partial charge in [-0.25, -0.2) is 0 Å². The van der Waals surface area contributed by atoms with Gasteiger partial charge in [-0.05, 0) is 49.4 Å². The molecule has 0 bridgehead atoms. The Balaban J connectivity index is 2.68. The van der Waals surface area contributed by atoms with Gasteiger partial charge in [-0.3, -0.25) is 0 Å². The van der Waals surface area contributed by atoms with Crippen molar-refractivity contribution in [2.24, 2.45) is 5.92 Å². The zero-order valence-electron chi connectivity index (χ0n) is 13.9. The first-order valence-corrected chi connectivity index (χ1v) is 8.05. The summed E-state index contributed by atoms with van der Waals surface area (Å²) in [5, 5.41) is 3.45. The van der Waals surface area contributed by atoms with Crippen molar-refractivity contribution in [2.75, 3.05) is 13.2 Å². The number of nitrogens with one attached hydrogen (secondary N) is 1. The smallest absolute Gasteiger partial charge is 0.125 e. The molecule has 0 fully saturated rings. The summed E-state index contributed by atoms with van der Waals surface area (Å²) in [6.07, 6.45) is 3.55. The van der Waals surface area contributed by atoms with Crippen LogP contribution in [-0.4, -0.2) is 13.2 Å². The Labute approximate surface area is 124 Å². The van der Waals surface area contributed by atoms with Gasteiger partial charge in [-0.2, -0.15) is 0 Å². The van der Waals surface area contributed by atoms with Crippen LogP contribution in [0.2, 0.25) is 0 Å². The first-order valence-electron chi connectivity index (χ1n) is 8.05. The third-order valence-corrected chi connectivity index (χ3v) is 3.89. The number of benzene rings is 1. The lowest BCUT2D eigenvalue weighted by Crippen LogP contribution is -2.15. The van der Waals surface area contributed by atoms with E-state index in [0.717, 1.165) is 25.4 Å². The van der Waals surface area contributed by atoms with Gasteiger partial charge in [-0.15, -0.1) is 0 Å². The van der Waals surface area contributed by atoms with E-state index in [9.17, 15) is 0 Å². The molecule has 0 aromatic heterocycles. The molecule has 0 saturated heterocycles. The molecule has 0 saturated carbocycles. The molecule has 0 aliphatic rings. The van der Waals surface area contributed by atoms with Gasteiger partial charge in [-0.1, -0.05) is 45.7 Å². The van der Waals surface area contributed by atoms with E-state index >= 15 is 0 Å². The van der Waals surface area contributed by atoms with Crippen LogP contribution in [0.5, 0.6) is 5.75 Å². The first kappa shape index (κ1) is 17.0. The van der Waals surface area contributed by atoms with Crippen LogP contribution in [0.1, 0.15) is 56.7 Å². The maximum absolute atomic E-state index is 6.07. The Morgan fingerprint density at radius 2 is 1.65 bits per heavy atom. The van der Waals surface area contributed by atoms with Crippen LogP contribution in [0.15, 0.2) is 12.1 Å². The van der Waals surface area contributed by atoms with Gasteiger partial charge >= 0.3 is 0 Å². The molecule has 20 heavy (non-hydrogen) atoms. The predicted octanol–water partition coefficient (Wildman–Crippen LogP) is 4.62. The Morgan fingerprint density at radius 1 is 1.05 bits per heavy atom. The van der Waals surface area contributed by atoms with Gasteiger partial charge < -0.3 is 10.1 Å². The van der Waals surface area contributed by atoms with Crippen LogP contribution < -0.4 is 10.1 Å². The van der Waals surface area contributed by atoms with Crippen molar-refractivity contribution in [3.63, 3.8) is 0 Å². The normalized spacial score (nSPS) is 11.1. The summed E-state index contributed by atoms with van der Waals surface area (Å²) < 4.78 is 6.07. The van der Waals surface area contributed by atoms with Crippen LogP contribution in [0.3, 0.4) is 0 Å². The number of aryl methyl sites for hydroxylation is 2. The summed E-state index contributed by atoms with van der Waals surface area (Å²) in [5.74, 6) is 1.75. The van der Waals surface area contributed by atoms with E-state index in [4.69, 9.17) is 4.74 Å². The van der Waals surface area contributed by atoms with Gasteiger partial charge in [0.2, 0.25) is 0 Å². The Hall–Kier alpha value is -1.02. The minimum absolute atomic E-state index is 0.666. The van der Waals surface area contributed by atoms with Crippen LogP contribution in [0.25, 0.3) is 0 Å². The lowest BCUT2D eigenvalue weighted by atomic mass is 10.0. The molecule has 2 nitrogen and oxygen atoms in total. The Morgan fingerprint density at radius 3 is 2.15 bits per heavy atom. The molecule has 2 heteroatoms. The quantitative estimate of drug-likeness (QED) is 0.665. The zero-order valence-corrected chi connectivity index (χ0v) is 13.9. The maximum Gasteiger partial charge on any atom is 0.125 e. The highest BCUT2D eigenvalue weighted by atomic mass is 16.5. The zero-order chi connectivity index (χ0) is 15.0. The van der Waals surface area contributed by atoms with Crippen molar-refractivity contribution in [1.82, 2.24) is 5.32 Å². The highest BCUT2D eigenvalue weighted by molar-refractivity contribution is 5.43. The van der Waals surface area contributed by atoms with E-state index in [2.05, 4.69) is 52.1 Å². The lowest BCUT2D eigenvalue weighted by Gasteiger charge is -2.18. The van der Waals surface area contributed by atoms with Gasteiger partial charge in [0, 0.05) is 6.54 Å². The SMILES string of the molecule is CCCNCc1cc(C)c(OCC(CC)CC)c(C)c1. The van der Waals surface area contributed by atoms with Crippen LogP contribution >= 0.6 is 0 Å². The van der Waals surface area contributed by atoms with Crippen molar-refractivity contribution in [1.29, 1.82) is 0 Å². The number of ether oxygens (including phenoxy) is 1. The standard InChI is InChI=1S/C18H31NO/c1-6-9-19-12-17-10-14(4)18(15(5)11-17)20-13-16(7-2)8-3/h10-11,16,19H,6-9,12-13H2,1-5H3. The minimum atomic E-state index is 0.666. The molecule has 1 aromatic carbocycles. The number of hydrogen-bond donors (Lipinski definition) is 1. The molecule has 0 aliphatic carbocycles. The first-order chi connectivity index (χ1) is 9.62. The van der Waals surface area contributed by atoms with Crippen molar-refractivity contribution < 1.29 is 4.74 Å². The molecule has 0 aliphatic heterocycles. The van der Waals surface area contributed by atoms with E-state index < -0.39 is 0 Å². The summed E-state index contributed by atoms with van der Waals surface area (Å²) in [6, 6.07) is 4.50. The van der Waals surface area contributed by atoms with Crippen molar-refractivity contribution in [3.8, 4) is 5.75 Å². The summed E-state index contributed by atoms with van der Waals surface area (Å²) in [6.45, 7) is 13.8. The summed E-state index contributed by atoms with van der Waals surface area (Å²) in [7, 11) is 0. The molecule has 1 aromatic rings. The maximum atomic E-state index is 6.07. The summed E-state index contributed by atoms with van der Waals surface area (Å²) in [4.78, 5) is 0. The van der Waals surface area contributed by atoms with E-state index in [1.54, 1.807) is 0 Å². The Bertz CT molecular complexity index is 373. The molecule has 1 rings (SSSR count). The van der Waals surface area contributed by atoms with Crippen LogP contribution in [-0.2, 0) is 6.54 Å². The van der Waals surface area contributed by atoms with Gasteiger partial charge in [0.1, 0.15) is 5.75 Å². The second-order valence-electron chi connectivity index (χ2n) is 5.73. The number of rotatable bonds is 9. The Kier molecular flexibility index (Phi) is 7.68. The summed E-state index contributed by atoms with van der Waals surface area (Å²) in [5.41, 5.74) is 3.86. The molecule has 0 unspecified atom stereocenters. The van der Waals surface area contributed by atoms with E-state index in [1.165, 1.54) is 36.0 Å². The molecule has 0 amide bonds. The average Bonchev–Trinajstić information content (AvgIpc) is 2.42. The van der Waals surface area contributed by atoms with Crippen LogP contribution in [0.4, 0.5) is 0 Å². The van der Waals surface area contributed by atoms with E-state index in [1.807, 2.05) is 0 Å². The molecular weight excluding hydrogens is 246 g/mol. The van der Waals surface area contributed by atoms with E-state index in [-0.39, 0.29) is 0 Å². The fraction of sp³-hybridized carbons (Fsp3) is 0.667. The third-order valence-electron chi connectivity index (χ3n) is 3.89. The molecular formula is C18H31NO. The van der Waals surface area contributed by atoms with Crippen molar-refractivity contribution >= 4 is 0 Å². The fourth-order valence-corrected chi connectivity index (χ4v) is 2.50. The highest BCUT2D eigenvalue weighted by Gasteiger charge is 2.09. The summed E-state index contributed by atoms with van der Waals surface area (Å²) >= 11 is 0. The third kappa shape index (κ3) is 5.16. The molecule has 1 N–H and O–H groups in total. The number of hydrogen-bond acceptors (Lipinski definition) is 2. The van der Waals surface area contributed by atoms with Crippen LogP contribution in [0, 0.1) is 19.8 Å². The second-order valence-corrected chi connectivity index (χ2v) is 5.73.